The maximum atomic E-state index is 11.2. The first kappa shape index (κ1) is 13.9. The van der Waals surface area contributed by atoms with Crippen LogP contribution in [-0.4, -0.2) is 24.5 Å². The van der Waals surface area contributed by atoms with Gasteiger partial charge in [-0.15, -0.1) is 0 Å². The van der Waals surface area contributed by atoms with Crippen molar-refractivity contribution in [3.63, 3.8) is 0 Å². The van der Waals surface area contributed by atoms with Crippen LogP contribution < -0.4 is 5.32 Å². The molecule has 0 radical (unpaired) electrons. The number of amides is 1. The monoisotopic (exact) mass is 215 g/mol. The van der Waals surface area contributed by atoms with Crippen molar-refractivity contribution in [2.24, 2.45) is 5.92 Å². The minimum atomic E-state index is -0.458. The van der Waals surface area contributed by atoms with Crippen molar-refractivity contribution in [1.29, 1.82) is 0 Å². The number of rotatable bonds is 5. The number of ether oxygens (including phenoxy) is 1. The molecule has 0 rings (SSSR count). The van der Waals surface area contributed by atoms with Gasteiger partial charge in [0.1, 0.15) is 11.9 Å². The second kappa shape index (κ2) is 6.43. The van der Waals surface area contributed by atoms with E-state index in [-0.39, 0.29) is 5.92 Å². The average molecular weight is 215 g/mol. The van der Waals surface area contributed by atoms with Crippen molar-refractivity contribution in [3.8, 4) is 0 Å². The third-order valence-corrected chi connectivity index (χ3v) is 1.74. The second-order valence-electron chi connectivity index (χ2n) is 4.68. The van der Waals surface area contributed by atoms with E-state index in [1.54, 1.807) is 0 Å². The summed E-state index contributed by atoms with van der Waals surface area (Å²) in [5, 5.41) is 2.64. The van der Waals surface area contributed by atoms with Crippen LogP contribution in [0.5, 0.6) is 0 Å². The molecule has 0 fully saturated rings. The van der Waals surface area contributed by atoms with E-state index in [4.69, 9.17) is 4.74 Å². The van der Waals surface area contributed by atoms with Gasteiger partial charge in [0.05, 0.1) is 0 Å². The van der Waals surface area contributed by atoms with E-state index in [2.05, 4.69) is 5.32 Å². The maximum absolute atomic E-state index is 11.2. The van der Waals surface area contributed by atoms with Gasteiger partial charge in [0.25, 0.3) is 0 Å². The van der Waals surface area contributed by atoms with E-state index in [9.17, 15) is 9.59 Å². The molecule has 1 N–H and O–H groups in total. The summed E-state index contributed by atoms with van der Waals surface area (Å²) in [4.78, 5) is 21.5. The molecule has 0 heterocycles. The summed E-state index contributed by atoms with van der Waals surface area (Å²) in [7, 11) is 0. The number of alkyl carbamates (subject to hydrolysis) is 1. The zero-order chi connectivity index (χ0) is 11.9. The SMILES string of the molecule is CC(C=O)CCCNC(=O)OC(C)(C)C. The van der Waals surface area contributed by atoms with Crippen LogP contribution in [0, 0.1) is 5.92 Å². The smallest absolute Gasteiger partial charge is 0.407 e. The zero-order valence-corrected chi connectivity index (χ0v) is 10.0. The highest BCUT2D eigenvalue weighted by atomic mass is 16.6. The first-order valence-corrected chi connectivity index (χ1v) is 5.27. The van der Waals surface area contributed by atoms with Crippen molar-refractivity contribution in [3.05, 3.63) is 0 Å². The highest BCUT2D eigenvalue weighted by molar-refractivity contribution is 5.67. The van der Waals surface area contributed by atoms with Crippen molar-refractivity contribution < 1.29 is 14.3 Å². The Hall–Kier alpha value is -1.06. The Morgan fingerprint density at radius 1 is 1.47 bits per heavy atom. The van der Waals surface area contributed by atoms with Gasteiger partial charge in [-0.2, -0.15) is 0 Å². The van der Waals surface area contributed by atoms with Gasteiger partial charge in [0, 0.05) is 12.5 Å². The van der Waals surface area contributed by atoms with E-state index < -0.39 is 11.7 Å². The summed E-state index contributed by atoms with van der Waals surface area (Å²) >= 11 is 0. The summed E-state index contributed by atoms with van der Waals surface area (Å²) in [6.07, 6.45) is 2.10. The highest BCUT2D eigenvalue weighted by Crippen LogP contribution is 2.06. The normalized spacial score (nSPS) is 13.1. The van der Waals surface area contributed by atoms with E-state index >= 15 is 0 Å². The van der Waals surface area contributed by atoms with Crippen LogP contribution in [0.2, 0.25) is 0 Å². The largest absolute Gasteiger partial charge is 0.444 e. The lowest BCUT2D eigenvalue weighted by Gasteiger charge is -2.19. The number of nitrogens with one attached hydrogen (secondary N) is 1. The Kier molecular flexibility index (Phi) is 5.97. The molecule has 0 aliphatic carbocycles. The van der Waals surface area contributed by atoms with Crippen molar-refractivity contribution in [2.75, 3.05) is 6.54 Å². The molecule has 1 atom stereocenters. The minimum Gasteiger partial charge on any atom is -0.444 e. The van der Waals surface area contributed by atoms with Gasteiger partial charge in [-0.25, -0.2) is 4.79 Å². The fourth-order valence-electron chi connectivity index (χ4n) is 0.997. The van der Waals surface area contributed by atoms with E-state index in [0.29, 0.717) is 6.54 Å². The summed E-state index contributed by atoms with van der Waals surface area (Å²) in [6.45, 7) is 7.87. The molecular formula is C11H21NO3. The van der Waals surface area contributed by atoms with E-state index in [1.807, 2.05) is 27.7 Å². The molecule has 0 bridgehead atoms. The molecule has 4 heteroatoms. The molecule has 0 aromatic heterocycles. The Labute approximate surface area is 91.4 Å². The molecule has 88 valence electrons. The zero-order valence-electron chi connectivity index (χ0n) is 10.0. The lowest BCUT2D eigenvalue weighted by molar-refractivity contribution is -0.110. The lowest BCUT2D eigenvalue weighted by Crippen LogP contribution is -2.33. The van der Waals surface area contributed by atoms with Gasteiger partial charge in [0.15, 0.2) is 0 Å². The molecular weight excluding hydrogens is 194 g/mol. The van der Waals surface area contributed by atoms with Crippen LogP contribution in [0.15, 0.2) is 0 Å². The van der Waals surface area contributed by atoms with Crippen LogP contribution >= 0.6 is 0 Å². The molecule has 1 unspecified atom stereocenters. The summed E-state index contributed by atoms with van der Waals surface area (Å²) in [5.74, 6) is 0.0606. The third-order valence-electron chi connectivity index (χ3n) is 1.74. The number of hydrogen-bond donors (Lipinski definition) is 1. The van der Waals surface area contributed by atoms with Gasteiger partial charge >= 0.3 is 6.09 Å². The molecule has 0 aliphatic rings. The van der Waals surface area contributed by atoms with Gasteiger partial charge in [-0.1, -0.05) is 6.92 Å². The maximum Gasteiger partial charge on any atom is 0.407 e. The first-order valence-electron chi connectivity index (χ1n) is 5.27. The minimum absolute atomic E-state index is 0.0606. The standard InChI is InChI=1S/C11H21NO3/c1-9(8-13)6-5-7-12-10(14)15-11(2,3)4/h8-9H,5-7H2,1-4H3,(H,12,14). The molecule has 0 spiro atoms. The molecule has 0 saturated heterocycles. The summed E-state index contributed by atoms with van der Waals surface area (Å²) in [5.41, 5.74) is -0.458. The number of hydrogen-bond acceptors (Lipinski definition) is 3. The molecule has 0 aromatic carbocycles. The molecule has 1 amide bonds. The van der Waals surface area contributed by atoms with Crippen LogP contribution in [0.1, 0.15) is 40.5 Å². The molecule has 0 aromatic rings. The molecule has 0 saturated carbocycles. The van der Waals surface area contributed by atoms with E-state index in [0.717, 1.165) is 19.1 Å². The Morgan fingerprint density at radius 2 is 2.07 bits per heavy atom. The fourth-order valence-corrected chi connectivity index (χ4v) is 0.997. The van der Waals surface area contributed by atoms with Crippen LogP contribution in [0.25, 0.3) is 0 Å². The highest BCUT2D eigenvalue weighted by Gasteiger charge is 2.15. The van der Waals surface area contributed by atoms with Gasteiger partial charge in [-0.3, -0.25) is 0 Å². The van der Waals surface area contributed by atoms with Crippen molar-refractivity contribution in [1.82, 2.24) is 5.32 Å². The number of carbonyl (C=O) groups excluding carboxylic acids is 2. The van der Waals surface area contributed by atoms with Crippen LogP contribution in [0.4, 0.5) is 4.79 Å². The summed E-state index contributed by atoms with van der Waals surface area (Å²) in [6, 6.07) is 0. The Balaban J connectivity index is 3.52. The number of aldehydes is 1. The third kappa shape index (κ3) is 9.25. The predicted molar refractivity (Wildman–Crippen MR) is 58.7 cm³/mol. The molecule has 0 aliphatic heterocycles. The Bertz CT molecular complexity index is 208. The van der Waals surface area contributed by atoms with Gasteiger partial charge in [-0.05, 0) is 33.6 Å². The van der Waals surface area contributed by atoms with E-state index in [1.165, 1.54) is 0 Å². The predicted octanol–water partition coefficient (Wildman–Crippen LogP) is 2.13. The number of carbonyl (C=O) groups is 2. The average Bonchev–Trinajstić information content (AvgIpc) is 2.09. The van der Waals surface area contributed by atoms with Crippen LogP contribution in [-0.2, 0) is 9.53 Å². The lowest BCUT2D eigenvalue weighted by atomic mass is 10.1. The summed E-state index contributed by atoms with van der Waals surface area (Å²) < 4.78 is 5.05. The molecule has 4 nitrogen and oxygen atoms in total. The second-order valence-corrected chi connectivity index (χ2v) is 4.68. The van der Waals surface area contributed by atoms with Crippen molar-refractivity contribution >= 4 is 12.4 Å². The van der Waals surface area contributed by atoms with Crippen LogP contribution in [0.3, 0.4) is 0 Å². The quantitative estimate of drug-likeness (QED) is 0.564. The van der Waals surface area contributed by atoms with Gasteiger partial charge < -0.3 is 14.8 Å². The first-order chi connectivity index (χ1) is 6.85. The topological polar surface area (TPSA) is 55.4 Å². The fraction of sp³-hybridized carbons (Fsp3) is 0.818. The van der Waals surface area contributed by atoms with Gasteiger partial charge in [0.2, 0.25) is 0 Å². The molecule has 15 heavy (non-hydrogen) atoms. The Morgan fingerprint density at radius 3 is 2.53 bits per heavy atom. The van der Waals surface area contributed by atoms with Crippen molar-refractivity contribution in [2.45, 2.75) is 46.1 Å².